The maximum atomic E-state index is 14.1. The quantitative estimate of drug-likeness (QED) is 0.500. The first-order chi connectivity index (χ1) is 9.20. The molecule has 1 saturated heterocycles. The van der Waals surface area contributed by atoms with Crippen molar-refractivity contribution in [3.63, 3.8) is 0 Å². The maximum Gasteiger partial charge on any atom is 0.280 e. The van der Waals surface area contributed by atoms with E-state index in [1.807, 2.05) is 5.32 Å². The summed E-state index contributed by atoms with van der Waals surface area (Å²) in [5.41, 5.74) is 1.24. The molecule has 1 aromatic carbocycles. The van der Waals surface area contributed by atoms with Crippen LogP contribution in [0.3, 0.4) is 0 Å². The van der Waals surface area contributed by atoms with Crippen LogP contribution < -0.4 is 11.1 Å². The number of rotatable bonds is 2. The van der Waals surface area contributed by atoms with Gasteiger partial charge in [-0.15, -0.1) is 0 Å². The van der Waals surface area contributed by atoms with E-state index in [-0.39, 0.29) is 17.1 Å². The molecule has 8 heteroatoms. The van der Waals surface area contributed by atoms with Crippen LogP contribution in [0.2, 0.25) is 0 Å². The van der Waals surface area contributed by atoms with Crippen molar-refractivity contribution in [3.8, 4) is 0 Å². The van der Waals surface area contributed by atoms with E-state index in [0.717, 1.165) is 18.2 Å². The minimum atomic E-state index is -3.86. The Morgan fingerprint density at radius 1 is 1.30 bits per heavy atom. The molecule has 0 aliphatic carbocycles. The van der Waals surface area contributed by atoms with Crippen molar-refractivity contribution in [1.82, 2.24) is 5.32 Å². The summed E-state index contributed by atoms with van der Waals surface area (Å²) in [5.74, 6) is -5.05. The normalized spacial score (nSPS) is 25.6. The van der Waals surface area contributed by atoms with E-state index in [0.29, 0.717) is 0 Å². The molecule has 2 nitrogen and oxygen atoms in total. The number of piperidine rings is 1. The molecule has 0 amide bonds. The van der Waals surface area contributed by atoms with Crippen LogP contribution in [0, 0.1) is 5.82 Å². The smallest absolute Gasteiger partial charge is 0.280 e. The molecule has 0 bridgehead atoms. The molecule has 2 rings (SSSR count). The van der Waals surface area contributed by atoms with Gasteiger partial charge < -0.3 is 11.1 Å². The highest BCUT2D eigenvalue weighted by Gasteiger charge is 2.64. The monoisotopic (exact) mass is 310 g/mol. The van der Waals surface area contributed by atoms with Gasteiger partial charge in [0.15, 0.2) is 5.54 Å². The van der Waals surface area contributed by atoms with E-state index < -0.39 is 35.7 Å². The van der Waals surface area contributed by atoms with E-state index in [2.05, 4.69) is 0 Å². The molecule has 1 aliphatic rings. The van der Waals surface area contributed by atoms with Gasteiger partial charge in [0.05, 0.1) is 4.99 Å². The van der Waals surface area contributed by atoms with Crippen molar-refractivity contribution in [1.29, 1.82) is 0 Å². The summed E-state index contributed by atoms with van der Waals surface area (Å²) in [6, 6.07) is 2.68. The second-order valence-electron chi connectivity index (χ2n) is 4.60. The van der Waals surface area contributed by atoms with Crippen molar-refractivity contribution in [2.24, 2.45) is 0 Å². The largest absolute Gasteiger partial charge is 0.399 e. The topological polar surface area (TPSA) is 38.0 Å². The molecule has 1 aliphatic heterocycles. The second kappa shape index (κ2) is 4.83. The number of hydrogen-bond donors (Lipinski definition) is 2. The molecule has 0 radical (unpaired) electrons. The van der Waals surface area contributed by atoms with E-state index in [4.69, 9.17) is 18.0 Å². The van der Waals surface area contributed by atoms with Crippen molar-refractivity contribution in [3.05, 3.63) is 29.6 Å². The Kier molecular flexibility index (Phi) is 3.62. The summed E-state index contributed by atoms with van der Waals surface area (Å²) >= 11 is 4.72. The van der Waals surface area contributed by atoms with Gasteiger partial charge in [-0.25, -0.2) is 22.0 Å². The highest BCUT2D eigenvalue weighted by atomic mass is 32.1. The van der Waals surface area contributed by atoms with Gasteiger partial charge in [0.1, 0.15) is 5.82 Å². The summed E-state index contributed by atoms with van der Waals surface area (Å²) < 4.78 is 69.0. The van der Waals surface area contributed by atoms with Crippen LogP contribution in [0.1, 0.15) is 18.4 Å². The number of alkyl halides is 4. The lowest BCUT2D eigenvalue weighted by atomic mass is 9.78. The lowest BCUT2D eigenvalue weighted by molar-refractivity contribution is -0.158. The third-order valence-electron chi connectivity index (χ3n) is 3.32. The molecule has 1 fully saturated rings. The zero-order valence-corrected chi connectivity index (χ0v) is 10.9. The fraction of sp³-hybridized carbons (Fsp3) is 0.417. The zero-order chi connectivity index (χ0) is 15.1. The fourth-order valence-electron chi connectivity index (χ4n) is 2.28. The standard InChI is InChI=1S/C12H11F5N2S/c13-8-2-1-6(18)5-7(8)12(10(14)15)11(16,17)4-3-9(20)19-12/h1-2,5,10H,3-4,18H2,(H,19,20)/t12-/m0/s1. The highest BCUT2D eigenvalue weighted by Crippen LogP contribution is 2.48. The Morgan fingerprint density at radius 3 is 2.55 bits per heavy atom. The number of hydrogen-bond acceptors (Lipinski definition) is 2. The van der Waals surface area contributed by atoms with Crippen LogP contribution in [0.5, 0.6) is 0 Å². The molecule has 1 aromatic rings. The molecule has 0 unspecified atom stereocenters. The van der Waals surface area contributed by atoms with E-state index in [1.165, 1.54) is 0 Å². The predicted molar refractivity (Wildman–Crippen MR) is 68.4 cm³/mol. The highest BCUT2D eigenvalue weighted by molar-refractivity contribution is 7.80. The molecular formula is C12H11F5N2S. The predicted octanol–water partition coefficient (Wildman–Crippen LogP) is 3.21. The Labute approximate surface area is 117 Å². The van der Waals surface area contributed by atoms with Gasteiger partial charge in [0.2, 0.25) is 0 Å². The summed E-state index contributed by atoms with van der Waals surface area (Å²) in [4.78, 5) is -0.155. The van der Waals surface area contributed by atoms with Crippen LogP contribution in [0.25, 0.3) is 0 Å². The summed E-state index contributed by atoms with van der Waals surface area (Å²) in [5, 5.41) is 1.94. The molecular weight excluding hydrogens is 299 g/mol. The summed E-state index contributed by atoms with van der Waals surface area (Å²) in [6.45, 7) is 0. The lowest BCUT2D eigenvalue weighted by Crippen LogP contribution is -2.65. The average molecular weight is 310 g/mol. The number of nitrogen functional groups attached to an aromatic ring is 1. The molecule has 110 valence electrons. The van der Waals surface area contributed by atoms with Crippen LogP contribution in [0.15, 0.2) is 18.2 Å². The van der Waals surface area contributed by atoms with Gasteiger partial charge >= 0.3 is 0 Å². The maximum absolute atomic E-state index is 14.1. The number of nitrogens with two attached hydrogens (primary N) is 1. The first kappa shape index (κ1) is 15.0. The summed E-state index contributed by atoms with van der Waals surface area (Å²) in [7, 11) is 0. The van der Waals surface area contributed by atoms with Crippen molar-refractivity contribution < 1.29 is 22.0 Å². The molecule has 1 heterocycles. The second-order valence-corrected chi connectivity index (χ2v) is 5.09. The SMILES string of the molecule is Nc1ccc(F)c([C@@]2(C(F)F)NC(=S)CCC2(F)F)c1. The number of thiocarbonyl (C=S) groups is 1. The Balaban J connectivity index is 2.70. The molecule has 0 saturated carbocycles. The molecule has 1 atom stereocenters. The van der Waals surface area contributed by atoms with E-state index in [1.54, 1.807) is 0 Å². The minimum absolute atomic E-state index is 0.0875. The molecule has 0 spiro atoms. The van der Waals surface area contributed by atoms with Gasteiger partial charge in [0, 0.05) is 24.1 Å². The van der Waals surface area contributed by atoms with Gasteiger partial charge in [-0.05, 0) is 18.2 Å². The van der Waals surface area contributed by atoms with Gasteiger partial charge in [-0.2, -0.15) is 0 Å². The Morgan fingerprint density at radius 2 is 1.95 bits per heavy atom. The number of anilines is 1. The van der Waals surface area contributed by atoms with E-state index in [9.17, 15) is 22.0 Å². The first-order valence-corrected chi connectivity index (χ1v) is 6.14. The third-order valence-corrected chi connectivity index (χ3v) is 3.63. The van der Waals surface area contributed by atoms with Gasteiger partial charge in [-0.1, -0.05) is 12.2 Å². The molecule has 3 N–H and O–H groups in total. The lowest BCUT2D eigenvalue weighted by Gasteiger charge is -2.44. The molecule has 20 heavy (non-hydrogen) atoms. The van der Waals surface area contributed by atoms with Gasteiger partial charge in [0.25, 0.3) is 12.3 Å². The third kappa shape index (κ3) is 2.11. The van der Waals surface area contributed by atoms with Crippen molar-refractivity contribution >= 4 is 22.9 Å². The fourth-order valence-corrected chi connectivity index (χ4v) is 2.55. The number of nitrogens with one attached hydrogen (secondary N) is 1. The van der Waals surface area contributed by atoms with Gasteiger partial charge in [-0.3, -0.25) is 0 Å². The zero-order valence-electron chi connectivity index (χ0n) is 10.1. The first-order valence-electron chi connectivity index (χ1n) is 5.73. The minimum Gasteiger partial charge on any atom is -0.399 e. The Bertz CT molecular complexity index is 549. The van der Waals surface area contributed by atoms with E-state index >= 15 is 0 Å². The summed E-state index contributed by atoms with van der Waals surface area (Å²) in [6.07, 6.45) is -4.68. The Hall–Kier alpha value is -1.44. The van der Waals surface area contributed by atoms with Crippen molar-refractivity contribution in [2.45, 2.75) is 30.7 Å². The average Bonchev–Trinajstić information content (AvgIpc) is 2.35. The molecule has 0 aromatic heterocycles. The van der Waals surface area contributed by atoms with Crippen LogP contribution in [-0.2, 0) is 5.54 Å². The van der Waals surface area contributed by atoms with Crippen LogP contribution >= 0.6 is 12.2 Å². The van der Waals surface area contributed by atoms with Crippen LogP contribution in [0.4, 0.5) is 27.6 Å². The number of benzene rings is 1. The van der Waals surface area contributed by atoms with Crippen molar-refractivity contribution in [2.75, 3.05) is 5.73 Å². The van der Waals surface area contributed by atoms with Crippen LogP contribution in [-0.4, -0.2) is 17.3 Å². The number of halogens is 5.